The molecule has 0 aliphatic carbocycles. The van der Waals surface area contributed by atoms with Crippen LogP contribution in [0.25, 0.3) is 16.9 Å². The molecule has 0 fully saturated rings. The van der Waals surface area contributed by atoms with Crippen LogP contribution in [-0.4, -0.2) is 23.4 Å². The quantitative estimate of drug-likeness (QED) is 0.583. The lowest BCUT2D eigenvalue weighted by Gasteiger charge is -2.09. The van der Waals surface area contributed by atoms with E-state index in [-0.39, 0.29) is 0 Å². The summed E-state index contributed by atoms with van der Waals surface area (Å²) in [7, 11) is 1.71. The van der Waals surface area contributed by atoms with Gasteiger partial charge in [-0.05, 0) is 78.3 Å². The molecule has 0 bridgehead atoms. The maximum absolute atomic E-state index is 5.58. The lowest BCUT2D eigenvalue weighted by Crippen LogP contribution is -2.07. The third kappa shape index (κ3) is 3.13. The summed E-state index contributed by atoms with van der Waals surface area (Å²) < 4.78 is 8.84. The molecule has 0 saturated heterocycles. The fourth-order valence-corrected chi connectivity index (χ4v) is 3.69. The second kappa shape index (κ2) is 7.07. The van der Waals surface area contributed by atoms with Crippen molar-refractivity contribution in [1.82, 2.24) is 9.78 Å². The molecule has 0 atom stereocenters. The molecule has 0 saturated carbocycles. The van der Waals surface area contributed by atoms with Crippen LogP contribution in [0.1, 0.15) is 18.4 Å². The first kappa shape index (κ1) is 16.4. The molecule has 128 valence electrons. The average molecular weight is 445 g/mol. The Morgan fingerprint density at radius 1 is 1.08 bits per heavy atom. The van der Waals surface area contributed by atoms with Gasteiger partial charge in [0.25, 0.3) is 0 Å². The minimum absolute atomic E-state index is 0.863. The second-order valence-corrected chi connectivity index (χ2v) is 7.39. The molecule has 2 heterocycles. The fourth-order valence-electron chi connectivity index (χ4n) is 3.33. The molecule has 0 amide bonds. The highest BCUT2D eigenvalue weighted by Crippen LogP contribution is 2.37. The van der Waals surface area contributed by atoms with Gasteiger partial charge in [-0.25, -0.2) is 4.68 Å². The number of methoxy groups -OCH3 is 1. The monoisotopic (exact) mass is 445 g/mol. The third-order valence-corrected chi connectivity index (χ3v) is 5.28. The average Bonchev–Trinajstić information content (AvgIpc) is 2.83. The van der Waals surface area contributed by atoms with E-state index in [9.17, 15) is 0 Å². The first-order valence-electron chi connectivity index (χ1n) is 8.53. The van der Waals surface area contributed by atoms with Crippen LogP contribution in [0.15, 0.2) is 48.5 Å². The molecule has 1 aromatic heterocycles. The Kier molecular flexibility index (Phi) is 4.65. The van der Waals surface area contributed by atoms with Crippen molar-refractivity contribution in [2.24, 2.45) is 0 Å². The van der Waals surface area contributed by atoms with Crippen LogP contribution in [0.5, 0.6) is 5.75 Å². The molecule has 3 aromatic rings. The third-order valence-electron chi connectivity index (χ3n) is 4.56. The summed E-state index contributed by atoms with van der Waals surface area (Å²) in [5.41, 5.74) is 4.42. The van der Waals surface area contributed by atoms with Crippen molar-refractivity contribution >= 4 is 28.4 Å². The highest BCUT2D eigenvalue weighted by molar-refractivity contribution is 14.1. The van der Waals surface area contributed by atoms with Gasteiger partial charge in [-0.2, -0.15) is 5.10 Å². The van der Waals surface area contributed by atoms with Crippen molar-refractivity contribution < 1.29 is 4.74 Å². The summed E-state index contributed by atoms with van der Waals surface area (Å²) in [5, 5.41) is 8.58. The Bertz CT molecular complexity index is 886. The van der Waals surface area contributed by atoms with E-state index in [1.54, 1.807) is 7.11 Å². The molecule has 1 aliphatic heterocycles. The highest BCUT2D eigenvalue weighted by atomic mass is 127. The van der Waals surface area contributed by atoms with Crippen LogP contribution >= 0.6 is 22.6 Å². The summed E-state index contributed by atoms with van der Waals surface area (Å²) in [6.45, 7) is 0.981. The van der Waals surface area contributed by atoms with E-state index in [4.69, 9.17) is 9.84 Å². The lowest BCUT2D eigenvalue weighted by atomic mass is 10.0. The van der Waals surface area contributed by atoms with E-state index >= 15 is 0 Å². The number of para-hydroxylation sites is 1. The molecule has 0 spiro atoms. The predicted octanol–water partition coefficient (Wildman–Crippen LogP) is 4.90. The number of hydrogen-bond donors (Lipinski definition) is 1. The van der Waals surface area contributed by atoms with E-state index in [0.717, 1.165) is 41.5 Å². The van der Waals surface area contributed by atoms with E-state index < -0.39 is 0 Å². The van der Waals surface area contributed by atoms with E-state index in [2.05, 4.69) is 58.2 Å². The number of nitrogens with zero attached hydrogens (tertiary/aromatic N) is 2. The zero-order valence-corrected chi connectivity index (χ0v) is 16.3. The minimum atomic E-state index is 0.863. The molecule has 0 unspecified atom stereocenters. The molecule has 4 rings (SSSR count). The zero-order chi connectivity index (χ0) is 17.2. The molecule has 0 radical (unpaired) electrons. The van der Waals surface area contributed by atoms with Crippen molar-refractivity contribution in [2.75, 3.05) is 19.0 Å². The lowest BCUT2D eigenvalue weighted by molar-refractivity contribution is 0.416. The van der Waals surface area contributed by atoms with Gasteiger partial charge in [0, 0.05) is 21.2 Å². The minimum Gasteiger partial charge on any atom is -0.496 e. The Hall–Kier alpha value is -2.02. The van der Waals surface area contributed by atoms with E-state index in [1.807, 2.05) is 22.9 Å². The number of ether oxygens (including phenoxy) is 1. The Labute approximate surface area is 161 Å². The summed E-state index contributed by atoms with van der Waals surface area (Å²) in [6, 6.07) is 16.6. The molecule has 1 aliphatic rings. The number of rotatable bonds is 3. The molecule has 1 N–H and O–H groups in total. The summed E-state index contributed by atoms with van der Waals surface area (Å²) in [4.78, 5) is 0. The SMILES string of the molecule is COc1ccccc1-c1nn(-c2ccc(I)cc2)c2c1CCCCN2. The van der Waals surface area contributed by atoms with Gasteiger partial charge in [0.2, 0.25) is 0 Å². The first-order chi connectivity index (χ1) is 12.3. The van der Waals surface area contributed by atoms with Crippen molar-refractivity contribution in [1.29, 1.82) is 0 Å². The predicted molar refractivity (Wildman–Crippen MR) is 110 cm³/mol. The van der Waals surface area contributed by atoms with Gasteiger partial charge in [0.15, 0.2) is 0 Å². The molecule has 2 aromatic carbocycles. The zero-order valence-electron chi connectivity index (χ0n) is 14.1. The van der Waals surface area contributed by atoms with Gasteiger partial charge in [0.05, 0.1) is 12.8 Å². The largest absolute Gasteiger partial charge is 0.496 e. The Morgan fingerprint density at radius 3 is 2.68 bits per heavy atom. The van der Waals surface area contributed by atoms with Gasteiger partial charge in [-0.3, -0.25) is 0 Å². The van der Waals surface area contributed by atoms with Gasteiger partial charge in [-0.1, -0.05) is 12.1 Å². The number of halogens is 1. The summed E-state index contributed by atoms with van der Waals surface area (Å²) in [6.07, 6.45) is 3.37. The molecular weight excluding hydrogens is 425 g/mol. The summed E-state index contributed by atoms with van der Waals surface area (Å²) >= 11 is 2.33. The van der Waals surface area contributed by atoms with Crippen molar-refractivity contribution in [3.63, 3.8) is 0 Å². The van der Waals surface area contributed by atoms with Gasteiger partial charge in [0.1, 0.15) is 17.3 Å². The van der Waals surface area contributed by atoms with E-state index in [1.165, 1.54) is 22.0 Å². The maximum Gasteiger partial charge on any atom is 0.133 e. The molecule has 4 nitrogen and oxygen atoms in total. The second-order valence-electron chi connectivity index (χ2n) is 6.15. The fraction of sp³-hybridized carbons (Fsp3) is 0.250. The Morgan fingerprint density at radius 2 is 1.88 bits per heavy atom. The normalized spacial score (nSPS) is 13.7. The van der Waals surface area contributed by atoms with Crippen LogP contribution in [0, 0.1) is 3.57 Å². The van der Waals surface area contributed by atoms with Crippen molar-refractivity contribution in [3.8, 4) is 22.7 Å². The molecule has 5 heteroatoms. The van der Waals surface area contributed by atoms with E-state index in [0.29, 0.717) is 0 Å². The number of nitrogens with one attached hydrogen (secondary N) is 1. The number of benzene rings is 2. The maximum atomic E-state index is 5.58. The van der Waals surface area contributed by atoms with Crippen LogP contribution in [0.3, 0.4) is 0 Å². The van der Waals surface area contributed by atoms with Gasteiger partial charge >= 0.3 is 0 Å². The van der Waals surface area contributed by atoms with Crippen LogP contribution in [0.4, 0.5) is 5.82 Å². The van der Waals surface area contributed by atoms with Crippen LogP contribution in [-0.2, 0) is 6.42 Å². The van der Waals surface area contributed by atoms with Gasteiger partial charge < -0.3 is 10.1 Å². The molecular formula is C20H20IN3O. The standard InChI is InChI=1S/C20H20IN3O/c1-25-18-8-3-2-6-16(18)19-17-7-4-5-13-22-20(17)24(23-19)15-11-9-14(21)10-12-15/h2-3,6,8-12,22H,4-5,7,13H2,1H3. The summed E-state index contributed by atoms with van der Waals surface area (Å²) in [5.74, 6) is 1.97. The van der Waals surface area contributed by atoms with Crippen LogP contribution in [0.2, 0.25) is 0 Å². The number of fused-ring (bicyclic) bond motifs is 1. The topological polar surface area (TPSA) is 39.1 Å². The number of anilines is 1. The number of aromatic nitrogens is 2. The molecule has 25 heavy (non-hydrogen) atoms. The first-order valence-corrected chi connectivity index (χ1v) is 9.61. The van der Waals surface area contributed by atoms with Crippen molar-refractivity contribution in [3.05, 3.63) is 57.7 Å². The highest BCUT2D eigenvalue weighted by Gasteiger charge is 2.23. The van der Waals surface area contributed by atoms with Gasteiger partial charge in [-0.15, -0.1) is 0 Å². The van der Waals surface area contributed by atoms with Crippen molar-refractivity contribution in [2.45, 2.75) is 19.3 Å². The Balaban J connectivity index is 1.92. The number of hydrogen-bond acceptors (Lipinski definition) is 3. The smallest absolute Gasteiger partial charge is 0.133 e. The van der Waals surface area contributed by atoms with Crippen LogP contribution < -0.4 is 10.1 Å².